The highest BCUT2D eigenvalue weighted by atomic mass is 35.5. The molecule has 0 saturated carbocycles. The molecule has 2 N–H and O–H groups in total. The molecule has 0 radical (unpaired) electrons. The van der Waals surface area contributed by atoms with Crippen LogP contribution < -0.4 is 15.5 Å². The third kappa shape index (κ3) is 4.43. The number of carbonyl (C=O) groups is 1. The number of amides is 1. The van der Waals surface area contributed by atoms with Gasteiger partial charge in [0.1, 0.15) is 11.6 Å². The van der Waals surface area contributed by atoms with Gasteiger partial charge in [0.25, 0.3) is 5.91 Å². The van der Waals surface area contributed by atoms with E-state index in [0.29, 0.717) is 11.4 Å². The lowest BCUT2D eigenvalue weighted by molar-refractivity contribution is 0.102. The highest BCUT2D eigenvalue weighted by Crippen LogP contribution is 2.16. The van der Waals surface area contributed by atoms with Crippen molar-refractivity contribution in [2.75, 3.05) is 36.4 Å². The number of hydrogen-bond donors (Lipinski definition) is 2. The lowest BCUT2D eigenvalue weighted by atomic mass is 10.1. The summed E-state index contributed by atoms with van der Waals surface area (Å²) in [4.78, 5) is 18.7. The molecule has 1 aromatic carbocycles. The molecular formula is C17H20ClFN4O. The summed E-state index contributed by atoms with van der Waals surface area (Å²) in [7, 11) is 0. The highest BCUT2D eigenvalue weighted by Gasteiger charge is 2.12. The fraction of sp³-hybridized carbons (Fsp3) is 0.294. The largest absolute Gasteiger partial charge is 0.368 e. The van der Waals surface area contributed by atoms with E-state index >= 15 is 0 Å². The monoisotopic (exact) mass is 350 g/mol. The number of anilines is 2. The summed E-state index contributed by atoms with van der Waals surface area (Å²) in [6, 6.07) is 7.95. The van der Waals surface area contributed by atoms with Crippen molar-refractivity contribution in [2.24, 2.45) is 0 Å². The molecule has 0 unspecified atom stereocenters. The van der Waals surface area contributed by atoms with E-state index in [2.05, 4.69) is 20.5 Å². The molecule has 0 spiro atoms. The van der Waals surface area contributed by atoms with E-state index in [9.17, 15) is 9.18 Å². The Morgan fingerprint density at radius 2 is 2.00 bits per heavy atom. The first-order chi connectivity index (χ1) is 11.1. The topological polar surface area (TPSA) is 57.3 Å². The van der Waals surface area contributed by atoms with Crippen molar-refractivity contribution < 1.29 is 9.18 Å². The number of nitrogens with zero attached hydrogens (tertiary/aromatic N) is 2. The van der Waals surface area contributed by atoms with Crippen LogP contribution in [-0.2, 0) is 0 Å². The van der Waals surface area contributed by atoms with E-state index in [-0.39, 0.29) is 23.9 Å². The summed E-state index contributed by atoms with van der Waals surface area (Å²) < 4.78 is 13.4. The first-order valence-corrected chi connectivity index (χ1v) is 7.62. The van der Waals surface area contributed by atoms with Crippen LogP contribution in [0.15, 0.2) is 36.5 Å². The van der Waals surface area contributed by atoms with Crippen molar-refractivity contribution in [3.63, 3.8) is 0 Å². The SMILES string of the molecule is Cc1cc(F)cc(C(=O)Nc2ccc(N3CCNCC3)cn2)c1.Cl. The standard InChI is InChI=1S/C17H19FN4O.ClH/c1-12-8-13(10-14(18)9-12)17(23)21-16-3-2-15(11-20-16)22-6-4-19-5-7-22;/h2-3,8-11,19H,4-7H2,1H3,(H,20,21,23);1H. The maximum absolute atomic E-state index is 13.4. The molecule has 3 rings (SSSR count). The third-order valence-corrected chi connectivity index (χ3v) is 3.78. The van der Waals surface area contributed by atoms with E-state index in [1.54, 1.807) is 25.3 Å². The average molecular weight is 351 g/mol. The summed E-state index contributed by atoms with van der Waals surface area (Å²) in [5, 5.41) is 5.99. The Labute approximate surface area is 146 Å². The van der Waals surface area contributed by atoms with E-state index in [4.69, 9.17) is 0 Å². The normalized spacial score (nSPS) is 14.0. The second kappa shape index (κ2) is 8.08. The molecule has 0 atom stereocenters. The first kappa shape index (κ1) is 18.2. The van der Waals surface area contributed by atoms with Crippen LogP contribution in [0.4, 0.5) is 15.9 Å². The maximum atomic E-state index is 13.4. The number of carbonyl (C=O) groups excluding carboxylic acids is 1. The van der Waals surface area contributed by atoms with Crippen LogP contribution in [0.25, 0.3) is 0 Å². The molecule has 128 valence electrons. The van der Waals surface area contributed by atoms with Crippen molar-refractivity contribution in [2.45, 2.75) is 6.92 Å². The second-order valence-corrected chi connectivity index (χ2v) is 5.61. The van der Waals surface area contributed by atoms with Gasteiger partial charge in [-0.05, 0) is 42.8 Å². The lowest BCUT2D eigenvalue weighted by Crippen LogP contribution is -2.43. The summed E-state index contributed by atoms with van der Waals surface area (Å²) in [6.07, 6.45) is 1.75. The Morgan fingerprint density at radius 3 is 2.62 bits per heavy atom. The zero-order valence-corrected chi connectivity index (χ0v) is 14.2. The Kier molecular flexibility index (Phi) is 6.11. The van der Waals surface area contributed by atoms with Gasteiger partial charge in [-0.3, -0.25) is 4.79 Å². The van der Waals surface area contributed by atoms with Gasteiger partial charge in [-0.25, -0.2) is 9.37 Å². The van der Waals surface area contributed by atoms with Gasteiger partial charge in [0.15, 0.2) is 0 Å². The van der Waals surface area contributed by atoms with Crippen LogP contribution in [0.1, 0.15) is 15.9 Å². The van der Waals surface area contributed by atoms with Gasteiger partial charge >= 0.3 is 0 Å². The van der Waals surface area contributed by atoms with Crippen LogP contribution in [0.3, 0.4) is 0 Å². The van der Waals surface area contributed by atoms with Crippen LogP contribution in [0, 0.1) is 12.7 Å². The number of aromatic nitrogens is 1. The molecule has 1 aromatic heterocycles. The molecule has 1 saturated heterocycles. The predicted octanol–water partition coefficient (Wildman–Crippen LogP) is 2.61. The van der Waals surface area contributed by atoms with E-state index in [1.165, 1.54) is 12.1 Å². The number of nitrogens with one attached hydrogen (secondary N) is 2. The van der Waals surface area contributed by atoms with E-state index < -0.39 is 5.82 Å². The quantitative estimate of drug-likeness (QED) is 0.893. The molecule has 0 aliphatic carbocycles. The molecule has 5 nitrogen and oxygen atoms in total. The summed E-state index contributed by atoms with van der Waals surface area (Å²) in [5.41, 5.74) is 2.03. The molecule has 1 aliphatic rings. The second-order valence-electron chi connectivity index (χ2n) is 5.61. The van der Waals surface area contributed by atoms with Crippen LogP contribution >= 0.6 is 12.4 Å². The molecule has 0 bridgehead atoms. The minimum absolute atomic E-state index is 0. The first-order valence-electron chi connectivity index (χ1n) is 7.62. The number of halogens is 2. The zero-order valence-electron chi connectivity index (χ0n) is 13.4. The van der Waals surface area contributed by atoms with Crippen molar-refractivity contribution in [3.05, 3.63) is 53.5 Å². The molecule has 1 fully saturated rings. The van der Waals surface area contributed by atoms with Gasteiger partial charge < -0.3 is 15.5 Å². The van der Waals surface area contributed by atoms with Crippen molar-refractivity contribution in [3.8, 4) is 0 Å². The van der Waals surface area contributed by atoms with Crippen molar-refractivity contribution in [1.29, 1.82) is 0 Å². The fourth-order valence-electron chi connectivity index (χ4n) is 2.63. The minimum Gasteiger partial charge on any atom is -0.368 e. The summed E-state index contributed by atoms with van der Waals surface area (Å²) in [6.45, 7) is 5.54. The fourth-order valence-corrected chi connectivity index (χ4v) is 2.63. The Hall–Kier alpha value is -2.18. The number of benzene rings is 1. The molecular weight excluding hydrogens is 331 g/mol. The molecule has 1 aliphatic heterocycles. The van der Waals surface area contributed by atoms with E-state index in [0.717, 1.165) is 31.9 Å². The number of hydrogen-bond acceptors (Lipinski definition) is 4. The van der Waals surface area contributed by atoms with Gasteiger partial charge in [-0.2, -0.15) is 0 Å². The Bertz CT molecular complexity index is 682. The predicted molar refractivity (Wildman–Crippen MR) is 95.7 cm³/mol. The lowest BCUT2D eigenvalue weighted by Gasteiger charge is -2.29. The van der Waals surface area contributed by atoms with Crippen LogP contribution in [0.2, 0.25) is 0 Å². The number of rotatable bonds is 3. The van der Waals surface area contributed by atoms with Gasteiger partial charge in [-0.1, -0.05) is 0 Å². The van der Waals surface area contributed by atoms with Crippen molar-refractivity contribution >= 4 is 29.8 Å². The van der Waals surface area contributed by atoms with Crippen LogP contribution in [-0.4, -0.2) is 37.1 Å². The van der Waals surface area contributed by atoms with Crippen molar-refractivity contribution in [1.82, 2.24) is 10.3 Å². The van der Waals surface area contributed by atoms with Gasteiger partial charge in [-0.15, -0.1) is 12.4 Å². The van der Waals surface area contributed by atoms with E-state index in [1.807, 2.05) is 6.07 Å². The van der Waals surface area contributed by atoms with Crippen LogP contribution in [0.5, 0.6) is 0 Å². The number of pyridine rings is 1. The van der Waals surface area contributed by atoms with Gasteiger partial charge in [0, 0.05) is 31.7 Å². The van der Waals surface area contributed by atoms with Gasteiger partial charge in [0.05, 0.1) is 11.9 Å². The number of aryl methyl sites for hydroxylation is 1. The molecule has 2 heterocycles. The third-order valence-electron chi connectivity index (χ3n) is 3.78. The maximum Gasteiger partial charge on any atom is 0.256 e. The Morgan fingerprint density at radius 1 is 1.25 bits per heavy atom. The average Bonchev–Trinajstić information content (AvgIpc) is 2.55. The molecule has 24 heavy (non-hydrogen) atoms. The summed E-state index contributed by atoms with van der Waals surface area (Å²) in [5.74, 6) is -0.331. The summed E-state index contributed by atoms with van der Waals surface area (Å²) >= 11 is 0. The smallest absolute Gasteiger partial charge is 0.256 e. The molecule has 2 aromatic rings. The Balaban J connectivity index is 0.00000208. The van der Waals surface area contributed by atoms with Gasteiger partial charge in [0.2, 0.25) is 0 Å². The minimum atomic E-state index is -0.419. The number of piperazine rings is 1. The molecule has 1 amide bonds. The highest BCUT2D eigenvalue weighted by molar-refractivity contribution is 6.03. The zero-order chi connectivity index (χ0) is 16.2. The molecule has 7 heteroatoms.